The summed E-state index contributed by atoms with van der Waals surface area (Å²) in [5.41, 5.74) is 6.94. The van der Waals surface area contributed by atoms with Gasteiger partial charge < -0.3 is 10.6 Å². The lowest BCUT2D eigenvalue weighted by Crippen LogP contribution is -2.29. The van der Waals surface area contributed by atoms with Crippen LogP contribution >= 0.6 is 0 Å². The molecule has 0 radical (unpaired) electrons. The molecule has 0 amide bonds. The van der Waals surface area contributed by atoms with Gasteiger partial charge in [-0.3, -0.25) is 4.98 Å². The third kappa shape index (κ3) is 4.40. The number of rotatable bonds is 6. The van der Waals surface area contributed by atoms with Crippen LogP contribution < -0.4 is 5.73 Å². The summed E-state index contributed by atoms with van der Waals surface area (Å²) in [4.78, 5) is 6.41. The Bertz CT molecular complexity index is 257. The van der Waals surface area contributed by atoms with Crippen LogP contribution in [-0.4, -0.2) is 30.0 Å². The summed E-state index contributed by atoms with van der Waals surface area (Å²) < 4.78 is 0. The summed E-state index contributed by atoms with van der Waals surface area (Å²) in [7, 11) is 2.13. The van der Waals surface area contributed by atoms with E-state index in [2.05, 4.69) is 29.9 Å². The number of pyridine rings is 1. The standard InChI is InChI=1S/C12H21N3/c1-3-11(7-13)9-15(2)10-12-5-4-6-14-8-12/h4-6,8,11H,3,7,9-10,13H2,1-2H3. The fraction of sp³-hybridized carbons (Fsp3) is 0.583. The van der Waals surface area contributed by atoms with Crippen molar-refractivity contribution in [3.63, 3.8) is 0 Å². The molecule has 2 N–H and O–H groups in total. The summed E-state index contributed by atoms with van der Waals surface area (Å²) in [6.45, 7) is 4.97. The number of hydrogen-bond donors (Lipinski definition) is 1. The predicted molar refractivity (Wildman–Crippen MR) is 63.4 cm³/mol. The van der Waals surface area contributed by atoms with E-state index in [1.165, 1.54) is 5.56 Å². The largest absolute Gasteiger partial charge is 0.330 e. The Morgan fingerprint density at radius 1 is 1.53 bits per heavy atom. The van der Waals surface area contributed by atoms with Gasteiger partial charge in [0.25, 0.3) is 0 Å². The fourth-order valence-electron chi connectivity index (χ4n) is 1.68. The molecular formula is C12H21N3. The zero-order valence-corrected chi connectivity index (χ0v) is 9.69. The van der Waals surface area contributed by atoms with Gasteiger partial charge in [-0.15, -0.1) is 0 Å². The van der Waals surface area contributed by atoms with Gasteiger partial charge in [-0.1, -0.05) is 19.4 Å². The second-order valence-corrected chi connectivity index (χ2v) is 4.07. The van der Waals surface area contributed by atoms with Gasteiger partial charge in [-0.05, 0) is 31.1 Å². The topological polar surface area (TPSA) is 42.1 Å². The zero-order chi connectivity index (χ0) is 11.1. The summed E-state index contributed by atoms with van der Waals surface area (Å²) in [6, 6.07) is 4.08. The van der Waals surface area contributed by atoms with Crippen LogP contribution in [0.1, 0.15) is 18.9 Å². The van der Waals surface area contributed by atoms with Crippen molar-refractivity contribution in [2.24, 2.45) is 11.7 Å². The van der Waals surface area contributed by atoms with E-state index in [1.54, 1.807) is 6.20 Å². The van der Waals surface area contributed by atoms with Crippen molar-refractivity contribution in [3.05, 3.63) is 30.1 Å². The van der Waals surface area contributed by atoms with Crippen LogP contribution in [0.2, 0.25) is 0 Å². The quantitative estimate of drug-likeness (QED) is 0.768. The van der Waals surface area contributed by atoms with Crippen LogP contribution in [-0.2, 0) is 6.54 Å². The minimum Gasteiger partial charge on any atom is -0.330 e. The highest BCUT2D eigenvalue weighted by Crippen LogP contribution is 2.06. The molecule has 84 valence electrons. The van der Waals surface area contributed by atoms with Gasteiger partial charge >= 0.3 is 0 Å². The summed E-state index contributed by atoms with van der Waals surface area (Å²) in [5.74, 6) is 0.603. The minimum absolute atomic E-state index is 0.603. The second kappa shape index (κ2) is 6.53. The van der Waals surface area contributed by atoms with Gasteiger partial charge in [-0.2, -0.15) is 0 Å². The van der Waals surface area contributed by atoms with E-state index < -0.39 is 0 Å². The lowest BCUT2D eigenvalue weighted by molar-refractivity contribution is 0.267. The molecule has 1 aromatic rings. The molecule has 0 fully saturated rings. The Morgan fingerprint density at radius 2 is 2.33 bits per heavy atom. The highest BCUT2D eigenvalue weighted by atomic mass is 15.1. The first-order valence-corrected chi connectivity index (χ1v) is 5.53. The molecule has 1 aromatic heterocycles. The monoisotopic (exact) mass is 207 g/mol. The van der Waals surface area contributed by atoms with Crippen molar-refractivity contribution >= 4 is 0 Å². The smallest absolute Gasteiger partial charge is 0.0312 e. The van der Waals surface area contributed by atoms with Crippen molar-refractivity contribution in [2.75, 3.05) is 20.1 Å². The molecule has 1 heterocycles. The third-order valence-corrected chi connectivity index (χ3v) is 2.66. The Hall–Kier alpha value is -0.930. The SMILES string of the molecule is CCC(CN)CN(C)Cc1cccnc1. The number of hydrogen-bond acceptors (Lipinski definition) is 3. The van der Waals surface area contributed by atoms with Crippen molar-refractivity contribution < 1.29 is 0 Å². The van der Waals surface area contributed by atoms with Crippen LogP contribution in [0.5, 0.6) is 0 Å². The molecule has 0 bridgehead atoms. The summed E-state index contributed by atoms with van der Waals surface area (Å²) in [5, 5.41) is 0. The summed E-state index contributed by atoms with van der Waals surface area (Å²) >= 11 is 0. The number of nitrogens with two attached hydrogens (primary N) is 1. The van der Waals surface area contributed by atoms with E-state index >= 15 is 0 Å². The van der Waals surface area contributed by atoms with Crippen LogP contribution in [0, 0.1) is 5.92 Å². The molecule has 3 nitrogen and oxygen atoms in total. The van der Waals surface area contributed by atoms with Crippen molar-refractivity contribution in [1.29, 1.82) is 0 Å². The zero-order valence-electron chi connectivity index (χ0n) is 9.69. The van der Waals surface area contributed by atoms with E-state index in [9.17, 15) is 0 Å². The maximum absolute atomic E-state index is 5.69. The van der Waals surface area contributed by atoms with E-state index in [4.69, 9.17) is 5.73 Å². The maximum atomic E-state index is 5.69. The van der Waals surface area contributed by atoms with Gasteiger partial charge in [0, 0.05) is 25.5 Å². The number of nitrogens with zero attached hydrogens (tertiary/aromatic N) is 2. The van der Waals surface area contributed by atoms with E-state index in [1.807, 2.05) is 12.3 Å². The molecule has 3 heteroatoms. The minimum atomic E-state index is 0.603. The predicted octanol–water partition coefficient (Wildman–Crippen LogP) is 1.50. The van der Waals surface area contributed by atoms with Crippen LogP contribution in [0.15, 0.2) is 24.5 Å². The lowest BCUT2D eigenvalue weighted by Gasteiger charge is -2.21. The molecule has 0 aromatic carbocycles. The van der Waals surface area contributed by atoms with Crippen LogP contribution in [0.3, 0.4) is 0 Å². The highest BCUT2D eigenvalue weighted by molar-refractivity contribution is 5.07. The molecule has 15 heavy (non-hydrogen) atoms. The second-order valence-electron chi connectivity index (χ2n) is 4.07. The van der Waals surface area contributed by atoms with Crippen LogP contribution in [0.4, 0.5) is 0 Å². The van der Waals surface area contributed by atoms with Gasteiger partial charge in [0.1, 0.15) is 0 Å². The van der Waals surface area contributed by atoms with E-state index in [0.717, 1.165) is 26.1 Å². The Kier molecular flexibility index (Phi) is 5.29. The molecule has 1 atom stereocenters. The van der Waals surface area contributed by atoms with Gasteiger partial charge in [0.15, 0.2) is 0 Å². The van der Waals surface area contributed by atoms with Crippen molar-refractivity contribution in [1.82, 2.24) is 9.88 Å². The van der Waals surface area contributed by atoms with Crippen LogP contribution in [0.25, 0.3) is 0 Å². The average Bonchev–Trinajstić information content (AvgIpc) is 2.27. The van der Waals surface area contributed by atoms with Gasteiger partial charge in [0.2, 0.25) is 0 Å². The molecule has 0 saturated carbocycles. The molecule has 0 saturated heterocycles. The normalized spacial score (nSPS) is 13.1. The molecule has 1 rings (SSSR count). The van der Waals surface area contributed by atoms with Crippen molar-refractivity contribution in [2.45, 2.75) is 19.9 Å². The molecule has 0 aliphatic carbocycles. The fourth-order valence-corrected chi connectivity index (χ4v) is 1.68. The molecule has 0 spiro atoms. The van der Waals surface area contributed by atoms with Gasteiger partial charge in [0.05, 0.1) is 0 Å². The molecular weight excluding hydrogens is 186 g/mol. The Labute approximate surface area is 92.3 Å². The van der Waals surface area contributed by atoms with E-state index in [-0.39, 0.29) is 0 Å². The average molecular weight is 207 g/mol. The highest BCUT2D eigenvalue weighted by Gasteiger charge is 2.07. The van der Waals surface area contributed by atoms with Crippen molar-refractivity contribution in [3.8, 4) is 0 Å². The van der Waals surface area contributed by atoms with Gasteiger partial charge in [-0.25, -0.2) is 0 Å². The Balaban J connectivity index is 2.39. The third-order valence-electron chi connectivity index (χ3n) is 2.66. The number of aromatic nitrogens is 1. The molecule has 0 aliphatic rings. The lowest BCUT2D eigenvalue weighted by atomic mass is 10.1. The molecule has 0 aliphatic heterocycles. The molecule has 1 unspecified atom stereocenters. The maximum Gasteiger partial charge on any atom is 0.0312 e. The van der Waals surface area contributed by atoms with E-state index in [0.29, 0.717) is 5.92 Å². The first-order chi connectivity index (χ1) is 7.26. The summed E-state index contributed by atoms with van der Waals surface area (Å²) in [6.07, 6.45) is 4.87. The first-order valence-electron chi connectivity index (χ1n) is 5.53. The first kappa shape index (κ1) is 12.1. The Morgan fingerprint density at radius 3 is 2.87 bits per heavy atom.